The lowest BCUT2D eigenvalue weighted by molar-refractivity contribution is -0.116. The zero-order chi connectivity index (χ0) is 18.4. The van der Waals surface area contributed by atoms with Crippen LogP contribution in [0.15, 0.2) is 55.1 Å². The van der Waals surface area contributed by atoms with Crippen molar-refractivity contribution in [3.8, 4) is 0 Å². The Morgan fingerprint density at radius 1 is 1.33 bits per heavy atom. The van der Waals surface area contributed by atoms with Crippen molar-refractivity contribution in [3.05, 3.63) is 66.3 Å². The van der Waals surface area contributed by atoms with Crippen LogP contribution in [0.3, 0.4) is 0 Å². The van der Waals surface area contributed by atoms with E-state index in [-0.39, 0.29) is 5.91 Å². The number of piperidine rings is 1. The van der Waals surface area contributed by atoms with Gasteiger partial charge in [-0.1, -0.05) is 6.07 Å². The lowest BCUT2D eigenvalue weighted by Crippen LogP contribution is -2.28. The van der Waals surface area contributed by atoms with E-state index in [1.807, 2.05) is 24.5 Å². The second-order valence-electron chi connectivity index (χ2n) is 8.00. The fraction of sp³-hybridized carbons (Fsp3) is 0.409. The fourth-order valence-electron chi connectivity index (χ4n) is 5.34. The van der Waals surface area contributed by atoms with Crippen molar-refractivity contribution in [2.45, 2.75) is 25.4 Å². The molecule has 2 bridgehead atoms. The van der Waals surface area contributed by atoms with E-state index in [0.29, 0.717) is 17.5 Å². The summed E-state index contributed by atoms with van der Waals surface area (Å²) >= 11 is 0. The van der Waals surface area contributed by atoms with Gasteiger partial charge in [0.05, 0.1) is 0 Å². The maximum Gasteiger partial charge on any atom is 0.244 e. The monoisotopic (exact) mass is 360 g/mol. The number of carbonyl (C=O) groups is 1. The van der Waals surface area contributed by atoms with E-state index < -0.39 is 0 Å². The number of nitrogens with zero attached hydrogens (tertiary/aromatic N) is 3. The van der Waals surface area contributed by atoms with Gasteiger partial charge in [-0.2, -0.15) is 0 Å². The Labute approximate surface area is 159 Å². The van der Waals surface area contributed by atoms with Crippen molar-refractivity contribution >= 4 is 12.0 Å². The summed E-state index contributed by atoms with van der Waals surface area (Å²) in [6, 6.07) is 9.21. The zero-order valence-corrected chi connectivity index (χ0v) is 15.5. The summed E-state index contributed by atoms with van der Waals surface area (Å²) in [6.07, 6.45) is 11.7. The molecule has 1 amide bonds. The second kappa shape index (κ2) is 6.27. The lowest BCUT2D eigenvalue weighted by Gasteiger charge is -2.25. The van der Waals surface area contributed by atoms with E-state index in [1.165, 1.54) is 12.1 Å². The molecule has 27 heavy (non-hydrogen) atoms. The third-order valence-corrected chi connectivity index (χ3v) is 6.84. The van der Waals surface area contributed by atoms with Crippen LogP contribution in [0.5, 0.6) is 0 Å². The largest absolute Gasteiger partial charge is 0.353 e. The standard InChI is InChI=1S/C22H24N4O/c1-15(17-6-10-23-11-7-17)26-14-18-20-21(26)22(18,20)8-12-25-19(27)5-4-16-3-2-9-24-13-16/h2-7,9-11,13,15,18,20-21H,8,12,14H2,1H3,(H,25,27)/b5-4+/t15?,18-,20-,21+,22+/m1/s1. The summed E-state index contributed by atoms with van der Waals surface area (Å²) in [5.74, 6) is 1.68. The number of hydrogen-bond donors (Lipinski definition) is 1. The highest BCUT2D eigenvalue weighted by atomic mass is 16.1. The minimum Gasteiger partial charge on any atom is -0.353 e. The molecule has 2 aromatic heterocycles. The van der Waals surface area contributed by atoms with Gasteiger partial charge < -0.3 is 5.32 Å². The summed E-state index contributed by atoms with van der Waals surface area (Å²) in [5.41, 5.74) is 2.78. The molecule has 1 N–H and O–H groups in total. The van der Waals surface area contributed by atoms with Gasteiger partial charge in [-0.05, 0) is 66.0 Å². The molecule has 0 aromatic carbocycles. The van der Waals surface area contributed by atoms with E-state index in [4.69, 9.17) is 0 Å². The predicted molar refractivity (Wildman–Crippen MR) is 103 cm³/mol. The highest BCUT2D eigenvalue weighted by molar-refractivity contribution is 5.91. The smallest absolute Gasteiger partial charge is 0.244 e. The van der Waals surface area contributed by atoms with Crippen molar-refractivity contribution in [2.75, 3.05) is 13.1 Å². The van der Waals surface area contributed by atoms with E-state index in [2.05, 4.69) is 39.2 Å². The number of rotatable bonds is 7. The minimum absolute atomic E-state index is 0.0255. The molecule has 138 valence electrons. The number of aromatic nitrogens is 2. The van der Waals surface area contributed by atoms with Gasteiger partial charge in [0.15, 0.2) is 0 Å². The van der Waals surface area contributed by atoms with Gasteiger partial charge in [0.2, 0.25) is 5.91 Å². The summed E-state index contributed by atoms with van der Waals surface area (Å²) in [5, 5.41) is 3.05. The highest BCUT2D eigenvalue weighted by Gasteiger charge is 2.91. The molecular weight excluding hydrogens is 336 g/mol. The minimum atomic E-state index is -0.0255. The zero-order valence-electron chi connectivity index (χ0n) is 15.5. The molecule has 0 radical (unpaired) electrons. The Balaban J connectivity index is 1.12. The van der Waals surface area contributed by atoms with Crippen LogP contribution >= 0.6 is 0 Å². The van der Waals surface area contributed by atoms with Crippen molar-refractivity contribution in [2.24, 2.45) is 17.3 Å². The summed E-state index contributed by atoms with van der Waals surface area (Å²) in [4.78, 5) is 22.9. The van der Waals surface area contributed by atoms with E-state index in [0.717, 1.165) is 30.4 Å². The maximum atomic E-state index is 12.0. The molecule has 2 saturated carbocycles. The van der Waals surface area contributed by atoms with Gasteiger partial charge in [-0.3, -0.25) is 19.7 Å². The number of pyridine rings is 2. The lowest BCUT2D eigenvalue weighted by atomic mass is 10.0. The molecule has 0 spiro atoms. The fourth-order valence-corrected chi connectivity index (χ4v) is 5.34. The SMILES string of the molecule is CC(c1ccncc1)N1C[C@@H]2[C@@H]3[C@H]1[C@]32CCNC(=O)/C=C/c1cccnc1. The first kappa shape index (κ1) is 16.6. The molecule has 2 saturated heterocycles. The third-order valence-electron chi connectivity index (χ3n) is 6.84. The second-order valence-corrected chi connectivity index (χ2v) is 8.00. The average molecular weight is 360 g/mol. The van der Waals surface area contributed by atoms with Crippen LogP contribution in [0.2, 0.25) is 0 Å². The van der Waals surface area contributed by atoms with Crippen LogP contribution < -0.4 is 5.32 Å². The van der Waals surface area contributed by atoms with Gasteiger partial charge in [-0.15, -0.1) is 0 Å². The van der Waals surface area contributed by atoms with E-state index in [1.54, 1.807) is 24.5 Å². The van der Waals surface area contributed by atoms with E-state index >= 15 is 0 Å². The molecule has 4 aliphatic rings. The highest BCUT2D eigenvalue weighted by Crippen LogP contribution is 2.87. The van der Waals surface area contributed by atoms with Crippen molar-refractivity contribution in [1.29, 1.82) is 0 Å². The van der Waals surface area contributed by atoms with Crippen LogP contribution in [0.4, 0.5) is 0 Å². The van der Waals surface area contributed by atoms with Gasteiger partial charge in [-0.25, -0.2) is 0 Å². The number of hydrogen-bond acceptors (Lipinski definition) is 4. The maximum absolute atomic E-state index is 12.0. The number of nitrogens with one attached hydrogen (secondary N) is 1. The van der Waals surface area contributed by atoms with Crippen LogP contribution in [-0.2, 0) is 4.79 Å². The quantitative estimate of drug-likeness (QED) is 0.772. The first-order valence-electron chi connectivity index (χ1n) is 9.73. The Morgan fingerprint density at radius 2 is 2.19 bits per heavy atom. The molecule has 2 aliphatic carbocycles. The van der Waals surface area contributed by atoms with Gasteiger partial charge in [0.1, 0.15) is 0 Å². The first-order chi connectivity index (χ1) is 13.2. The Bertz CT molecular complexity index is 862. The van der Waals surface area contributed by atoms with Crippen molar-refractivity contribution < 1.29 is 4.79 Å². The van der Waals surface area contributed by atoms with Crippen molar-refractivity contribution in [3.63, 3.8) is 0 Å². The topological polar surface area (TPSA) is 58.1 Å². The number of amides is 1. The summed E-state index contributed by atoms with van der Waals surface area (Å²) in [7, 11) is 0. The number of fused-ring (bicyclic) bond motifs is 1. The first-order valence-corrected chi connectivity index (χ1v) is 9.73. The molecule has 6 rings (SSSR count). The Morgan fingerprint density at radius 3 is 2.93 bits per heavy atom. The molecule has 2 aliphatic heterocycles. The van der Waals surface area contributed by atoms with Gasteiger partial charge in [0, 0.05) is 56.0 Å². The molecule has 4 heterocycles. The van der Waals surface area contributed by atoms with Crippen LogP contribution in [0.1, 0.15) is 30.5 Å². The normalized spacial score (nSPS) is 31.5. The molecular formula is C22H24N4O. The van der Waals surface area contributed by atoms with Crippen molar-refractivity contribution in [1.82, 2.24) is 20.2 Å². The third kappa shape index (κ3) is 2.69. The molecule has 2 aromatic rings. The Hall–Kier alpha value is -2.53. The van der Waals surface area contributed by atoms with E-state index in [9.17, 15) is 4.79 Å². The van der Waals surface area contributed by atoms with Crippen LogP contribution in [0, 0.1) is 17.3 Å². The molecule has 5 atom stereocenters. The van der Waals surface area contributed by atoms with Gasteiger partial charge >= 0.3 is 0 Å². The summed E-state index contributed by atoms with van der Waals surface area (Å²) < 4.78 is 0. The molecule has 5 heteroatoms. The average Bonchev–Trinajstić information content (AvgIpc) is 3.41. The summed E-state index contributed by atoms with van der Waals surface area (Å²) in [6.45, 7) is 4.26. The molecule has 5 nitrogen and oxygen atoms in total. The van der Waals surface area contributed by atoms with Crippen LogP contribution in [0.25, 0.3) is 6.08 Å². The molecule has 1 unspecified atom stereocenters. The Kier molecular flexibility index (Phi) is 3.86. The van der Waals surface area contributed by atoms with Crippen LogP contribution in [-0.4, -0.2) is 39.9 Å². The predicted octanol–water partition coefficient (Wildman–Crippen LogP) is 2.69. The van der Waals surface area contributed by atoms with Gasteiger partial charge in [0.25, 0.3) is 0 Å². The number of carbonyl (C=O) groups excluding carboxylic acids is 1. The molecule has 4 fully saturated rings.